The van der Waals surface area contributed by atoms with Gasteiger partial charge < -0.3 is 10.5 Å². The first-order valence-corrected chi connectivity index (χ1v) is 4.37. The molecule has 1 rings (SSSR count). The summed E-state index contributed by atoms with van der Waals surface area (Å²) in [6, 6.07) is 0. The standard InChI is InChI=1S/C7H12N2OS/c1-10-3-2-7-9-6(4-8)5-11-7/h5H,2-4,8H2,1H3. The molecule has 4 heteroatoms. The van der Waals surface area contributed by atoms with Crippen LogP contribution in [-0.2, 0) is 17.7 Å². The zero-order chi connectivity index (χ0) is 8.10. The summed E-state index contributed by atoms with van der Waals surface area (Å²) in [6.45, 7) is 1.26. The Balaban J connectivity index is 2.44. The van der Waals surface area contributed by atoms with Gasteiger partial charge in [0, 0.05) is 25.5 Å². The number of hydrogen-bond acceptors (Lipinski definition) is 4. The molecule has 0 aliphatic carbocycles. The van der Waals surface area contributed by atoms with E-state index in [4.69, 9.17) is 10.5 Å². The highest BCUT2D eigenvalue weighted by atomic mass is 32.1. The van der Waals surface area contributed by atoms with Gasteiger partial charge in [0.15, 0.2) is 0 Å². The number of ether oxygens (including phenoxy) is 1. The molecule has 0 saturated carbocycles. The Hall–Kier alpha value is -0.450. The molecule has 11 heavy (non-hydrogen) atoms. The maximum absolute atomic E-state index is 5.40. The summed E-state index contributed by atoms with van der Waals surface area (Å²) in [5.41, 5.74) is 6.38. The van der Waals surface area contributed by atoms with Crippen LogP contribution in [0.15, 0.2) is 5.38 Å². The van der Waals surface area contributed by atoms with Crippen molar-refractivity contribution in [3.05, 3.63) is 16.1 Å². The number of rotatable bonds is 4. The minimum atomic E-state index is 0.531. The van der Waals surface area contributed by atoms with Gasteiger partial charge in [0.25, 0.3) is 0 Å². The number of nitrogens with zero attached hydrogens (tertiary/aromatic N) is 1. The molecule has 0 radical (unpaired) electrons. The average Bonchev–Trinajstić information content (AvgIpc) is 2.48. The van der Waals surface area contributed by atoms with Crippen LogP contribution < -0.4 is 5.73 Å². The van der Waals surface area contributed by atoms with E-state index in [0.29, 0.717) is 6.54 Å². The van der Waals surface area contributed by atoms with E-state index < -0.39 is 0 Å². The van der Waals surface area contributed by atoms with Crippen LogP contribution >= 0.6 is 11.3 Å². The normalized spacial score (nSPS) is 10.4. The molecule has 62 valence electrons. The molecule has 0 aliphatic rings. The molecule has 0 amide bonds. The molecule has 1 aromatic rings. The van der Waals surface area contributed by atoms with Crippen molar-refractivity contribution in [3.8, 4) is 0 Å². The molecule has 0 spiro atoms. The number of hydrogen-bond donors (Lipinski definition) is 1. The van der Waals surface area contributed by atoms with E-state index in [-0.39, 0.29) is 0 Å². The van der Waals surface area contributed by atoms with E-state index in [1.807, 2.05) is 5.38 Å². The average molecular weight is 172 g/mol. The zero-order valence-electron chi connectivity index (χ0n) is 6.54. The van der Waals surface area contributed by atoms with E-state index >= 15 is 0 Å². The van der Waals surface area contributed by atoms with E-state index in [1.165, 1.54) is 0 Å². The second kappa shape index (κ2) is 4.43. The van der Waals surface area contributed by atoms with Crippen molar-refractivity contribution >= 4 is 11.3 Å². The van der Waals surface area contributed by atoms with Crippen LogP contribution in [0.5, 0.6) is 0 Å². The Morgan fingerprint density at radius 3 is 3.09 bits per heavy atom. The number of aromatic nitrogens is 1. The van der Waals surface area contributed by atoms with Crippen LogP contribution in [0.1, 0.15) is 10.7 Å². The summed E-state index contributed by atoms with van der Waals surface area (Å²) in [5.74, 6) is 0. The van der Waals surface area contributed by atoms with Gasteiger partial charge in [-0.15, -0.1) is 11.3 Å². The highest BCUT2D eigenvalue weighted by molar-refractivity contribution is 7.09. The third kappa shape index (κ3) is 2.57. The van der Waals surface area contributed by atoms with Crippen LogP contribution in [0.3, 0.4) is 0 Å². The van der Waals surface area contributed by atoms with Crippen LogP contribution in [-0.4, -0.2) is 18.7 Å². The number of nitrogens with two attached hydrogens (primary N) is 1. The molecule has 0 saturated heterocycles. The molecule has 0 bridgehead atoms. The maximum atomic E-state index is 5.40. The Morgan fingerprint density at radius 2 is 2.55 bits per heavy atom. The fourth-order valence-corrected chi connectivity index (χ4v) is 1.54. The lowest BCUT2D eigenvalue weighted by Crippen LogP contribution is -1.98. The maximum Gasteiger partial charge on any atom is 0.0951 e. The van der Waals surface area contributed by atoms with E-state index in [2.05, 4.69) is 4.98 Å². The second-order valence-electron chi connectivity index (χ2n) is 2.18. The summed E-state index contributed by atoms with van der Waals surface area (Å²) >= 11 is 1.64. The molecule has 0 atom stereocenters. The van der Waals surface area contributed by atoms with Crippen molar-refractivity contribution in [3.63, 3.8) is 0 Å². The van der Waals surface area contributed by atoms with Crippen LogP contribution in [0.2, 0.25) is 0 Å². The first kappa shape index (κ1) is 8.64. The van der Waals surface area contributed by atoms with Crippen molar-refractivity contribution in [2.75, 3.05) is 13.7 Å². The monoisotopic (exact) mass is 172 g/mol. The third-order valence-corrected chi connectivity index (χ3v) is 2.29. The van der Waals surface area contributed by atoms with Gasteiger partial charge in [-0.3, -0.25) is 0 Å². The van der Waals surface area contributed by atoms with Gasteiger partial charge in [0.2, 0.25) is 0 Å². The molecule has 0 fully saturated rings. The van der Waals surface area contributed by atoms with Gasteiger partial charge in [-0.2, -0.15) is 0 Å². The highest BCUT2D eigenvalue weighted by Crippen LogP contribution is 2.09. The van der Waals surface area contributed by atoms with Crippen molar-refractivity contribution in [1.82, 2.24) is 4.98 Å². The highest BCUT2D eigenvalue weighted by Gasteiger charge is 1.98. The minimum absolute atomic E-state index is 0.531. The first-order valence-electron chi connectivity index (χ1n) is 3.49. The fraction of sp³-hybridized carbons (Fsp3) is 0.571. The largest absolute Gasteiger partial charge is 0.384 e. The molecular weight excluding hydrogens is 160 g/mol. The quantitative estimate of drug-likeness (QED) is 0.730. The minimum Gasteiger partial charge on any atom is -0.384 e. The Morgan fingerprint density at radius 1 is 1.73 bits per heavy atom. The molecule has 0 aliphatic heterocycles. The van der Waals surface area contributed by atoms with E-state index in [9.17, 15) is 0 Å². The van der Waals surface area contributed by atoms with Crippen molar-refractivity contribution < 1.29 is 4.74 Å². The molecular formula is C7H12N2OS. The summed E-state index contributed by atoms with van der Waals surface area (Å²) in [5, 5.41) is 3.10. The summed E-state index contributed by atoms with van der Waals surface area (Å²) < 4.78 is 4.92. The molecule has 3 nitrogen and oxygen atoms in total. The lowest BCUT2D eigenvalue weighted by Gasteiger charge is -1.92. The van der Waals surface area contributed by atoms with Crippen LogP contribution in [0.4, 0.5) is 0 Å². The number of methoxy groups -OCH3 is 1. The van der Waals surface area contributed by atoms with Gasteiger partial charge in [-0.05, 0) is 0 Å². The van der Waals surface area contributed by atoms with E-state index in [0.717, 1.165) is 23.7 Å². The molecule has 1 aromatic heterocycles. The van der Waals surface area contributed by atoms with Crippen molar-refractivity contribution in [1.29, 1.82) is 0 Å². The van der Waals surface area contributed by atoms with Crippen molar-refractivity contribution in [2.45, 2.75) is 13.0 Å². The summed E-state index contributed by atoms with van der Waals surface area (Å²) in [6.07, 6.45) is 0.890. The Labute approximate surface area is 70.2 Å². The van der Waals surface area contributed by atoms with Gasteiger partial charge in [-0.1, -0.05) is 0 Å². The van der Waals surface area contributed by atoms with Crippen LogP contribution in [0.25, 0.3) is 0 Å². The molecule has 1 heterocycles. The molecule has 2 N–H and O–H groups in total. The lowest BCUT2D eigenvalue weighted by atomic mass is 10.4. The fourth-order valence-electron chi connectivity index (χ4n) is 0.747. The van der Waals surface area contributed by atoms with Crippen LogP contribution in [0, 0.1) is 0 Å². The smallest absolute Gasteiger partial charge is 0.0951 e. The van der Waals surface area contributed by atoms with Gasteiger partial charge >= 0.3 is 0 Å². The Bertz CT molecular complexity index is 212. The zero-order valence-corrected chi connectivity index (χ0v) is 7.36. The Kier molecular flexibility index (Phi) is 3.48. The van der Waals surface area contributed by atoms with Gasteiger partial charge in [0.05, 0.1) is 17.3 Å². The summed E-state index contributed by atoms with van der Waals surface area (Å²) in [4.78, 5) is 4.28. The second-order valence-corrected chi connectivity index (χ2v) is 3.12. The SMILES string of the molecule is COCCc1nc(CN)cs1. The van der Waals surface area contributed by atoms with Gasteiger partial charge in [0.1, 0.15) is 0 Å². The predicted octanol–water partition coefficient (Wildman–Crippen LogP) is 0.791. The van der Waals surface area contributed by atoms with Crippen molar-refractivity contribution in [2.24, 2.45) is 5.73 Å². The van der Waals surface area contributed by atoms with Gasteiger partial charge in [-0.25, -0.2) is 4.98 Å². The lowest BCUT2D eigenvalue weighted by molar-refractivity contribution is 0.202. The third-order valence-electron chi connectivity index (χ3n) is 1.33. The summed E-state index contributed by atoms with van der Waals surface area (Å²) in [7, 11) is 1.69. The van der Waals surface area contributed by atoms with E-state index in [1.54, 1.807) is 18.4 Å². The molecule has 0 unspecified atom stereocenters. The first-order chi connectivity index (χ1) is 5.36. The predicted molar refractivity (Wildman–Crippen MR) is 45.6 cm³/mol. The molecule has 0 aromatic carbocycles. The number of thiazole rings is 1. The topological polar surface area (TPSA) is 48.1 Å².